The molecule has 0 aliphatic heterocycles. The van der Waals surface area contributed by atoms with Crippen LogP contribution in [-0.4, -0.2) is 27.8 Å². The summed E-state index contributed by atoms with van der Waals surface area (Å²) in [5.74, 6) is 1.28. The Balaban J connectivity index is 0.00000112. The first-order valence-electron chi connectivity index (χ1n) is 9.94. The summed E-state index contributed by atoms with van der Waals surface area (Å²) in [5, 5.41) is 11.1. The molecule has 0 spiro atoms. The predicted molar refractivity (Wildman–Crippen MR) is 116 cm³/mol. The number of hydrogen-bond donors (Lipinski definition) is 2. The number of carbonyl (C=O) groups is 1. The molecule has 3 aliphatic carbocycles. The fraction of sp³-hybridized carbons (Fsp3) is 0.524. The lowest BCUT2D eigenvalue weighted by atomic mass is 9.93. The zero-order valence-corrected chi connectivity index (χ0v) is 17.5. The molecule has 1 aromatic heterocycles. The standard InChI is InChI=1S/C21H26N4O.2ClH/c26-21(24-18-11-22-25(13-18)12-14-7-8-14)16-4-1-3-15(9-16)19-10-20(19)23-17-5-2-6-17;;/h1,3-4,9,11,13-14,17,19-20,23H,2,5-8,10,12H2,(H,24,26);2*1H/t19-,20+;;/m0../s1. The molecule has 3 saturated carbocycles. The Bertz CT molecular complexity index is 816. The number of halogens is 2. The molecular formula is C21H28Cl2N4O. The van der Waals surface area contributed by atoms with Crippen molar-refractivity contribution in [2.24, 2.45) is 5.92 Å². The van der Waals surface area contributed by atoms with E-state index in [1.807, 2.05) is 23.0 Å². The molecule has 5 nitrogen and oxygen atoms in total. The van der Waals surface area contributed by atoms with Crippen LogP contribution in [0.15, 0.2) is 36.7 Å². The molecule has 0 saturated heterocycles. The first kappa shape index (κ1) is 21.2. The topological polar surface area (TPSA) is 59.0 Å². The number of nitrogens with one attached hydrogen (secondary N) is 2. The molecule has 7 heteroatoms. The Kier molecular flexibility index (Phi) is 6.69. The third kappa shape index (κ3) is 4.88. The molecule has 1 aromatic carbocycles. The maximum absolute atomic E-state index is 12.6. The molecule has 0 bridgehead atoms. The molecule has 5 rings (SSSR count). The van der Waals surface area contributed by atoms with E-state index in [0.717, 1.165) is 29.8 Å². The first-order chi connectivity index (χ1) is 12.7. The third-order valence-corrected chi connectivity index (χ3v) is 5.96. The zero-order valence-electron chi connectivity index (χ0n) is 15.8. The lowest BCUT2D eigenvalue weighted by Gasteiger charge is -2.26. The van der Waals surface area contributed by atoms with Crippen LogP contribution in [0.4, 0.5) is 5.69 Å². The summed E-state index contributed by atoms with van der Waals surface area (Å²) in [4.78, 5) is 12.6. The highest BCUT2D eigenvalue weighted by atomic mass is 35.5. The van der Waals surface area contributed by atoms with Crippen molar-refractivity contribution in [3.05, 3.63) is 47.8 Å². The van der Waals surface area contributed by atoms with E-state index in [9.17, 15) is 4.79 Å². The largest absolute Gasteiger partial charge is 0.319 e. The summed E-state index contributed by atoms with van der Waals surface area (Å²) in [7, 11) is 0. The Labute approximate surface area is 178 Å². The van der Waals surface area contributed by atoms with Crippen molar-refractivity contribution in [3.63, 3.8) is 0 Å². The van der Waals surface area contributed by atoms with Gasteiger partial charge >= 0.3 is 0 Å². The summed E-state index contributed by atoms with van der Waals surface area (Å²) in [5.41, 5.74) is 2.78. The van der Waals surface area contributed by atoms with Gasteiger partial charge in [0.05, 0.1) is 11.9 Å². The van der Waals surface area contributed by atoms with Crippen molar-refractivity contribution in [1.82, 2.24) is 15.1 Å². The fourth-order valence-electron chi connectivity index (χ4n) is 3.83. The maximum atomic E-state index is 12.6. The highest BCUT2D eigenvalue weighted by molar-refractivity contribution is 6.04. The van der Waals surface area contributed by atoms with Gasteiger partial charge in [-0.25, -0.2) is 0 Å². The van der Waals surface area contributed by atoms with Crippen LogP contribution in [0.2, 0.25) is 0 Å². The lowest BCUT2D eigenvalue weighted by Crippen LogP contribution is -2.37. The smallest absolute Gasteiger partial charge is 0.255 e. The molecule has 1 amide bonds. The van der Waals surface area contributed by atoms with Gasteiger partial charge in [-0.05, 0) is 55.7 Å². The van der Waals surface area contributed by atoms with Gasteiger partial charge in [-0.3, -0.25) is 9.48 Å². The van der Waals surface area contributed by atoms with Crippen molar-refractivity contribution in [2.45, 2.75) is 63.1 Å². The summed E-state index contributed by atoms with van der Waals surface area (Å²) < 4.78 is 1.94. The Morgan fingerprint density at radius 1 is 1.18 bits per heavy atom. The van der Waals surface area contributed by atoms with Crippen molar-refractivity contribution in [3.8, 4) is 0 Å². The number of hydrogen-bond acceptors (Lipinski definition) is 3. The predicted octanol–water partition coefficient (Wildman–Crippen LogP) is 4.39. The summed E-state index contributed by atoms with van der Waals surface area (Å²) in [6.45, 7) is 0.961. The number of amides is 1. The van der Waals surface area contributed by atoms with E-state index < -0.39 is 0 Å². The molecule has 3 aliphatic rings. The zero-order chi connectivity index (χ0) is 17.5. The average Bonchev–Trinajstić information content (AvgIpc) is 3.51. The van der Waals surface area contributed by atoms with E-state index >= 15 is 0 Å². The van der Waals surface area contributed by atoms with E-state index in [4.69, 9.17) is 0 Å². The number of aromatic nitrogens is 2. The van der Waals surface area contributed by atoms with Gasteiger partial charge in [0.2, 0.25) is 0 Å². The quantitative estimate of drug-likeness (QED) is 0.695. The summed E-state index contributed by atoms with van der Waals surface area (Å²) in [6.07, 6.45) is 11.5. The highest BCUT2D eigenvalue weighted by Crippen LogP contribution is 2.42. The van der Waals surface area contributed by atoms with Crippen molar-refractivity contribution < 1.29 is 4.79 Å². The maximum Gasteiger partial charge on any atom is 0.255 e. The molecular weight excluding hydrogens is 395 g/mol. The van der Waals surface area contributed by atoms with E-state index in [1.54, 1.807) is 6.20 Å². The van der Waals surface area contributed by atoms with E-state index in [1.165, 1.54) is 44.1 Å². The van der Waals surface area contributed by atoms with Gasteiger partial charge in [-0.15, -0.1) is 24.8 Å². The Morgan fingerprint density at radius 2 is 2.00 bits per heavy atom. The van der Waals surface area contributed by atoms with Crippen LogP contribution >= 0.6 is 24.8 Å². The third-order valence-electron chi connectivity index (χ3n) is 5.96. The summed E-state index contributed by atoms with van der Waals surface area (Å²) >= 11 is 0. The minimum absolute atomic E-state index is 0. The molecule has 3 fully saturated rings. The first-order valence-corrected chi connectivity index (χ1v) is 9.94. The monoisotopic (exact) mass is 422 g/mol. The number of carbonyl (C=O) groups excluding carboxylic acids is 1. The SMILES string of the molecule is Cl.Cl.O=C(Nc1cnn(CC2CC2)c1)c1cccc([C@@H]2C[C@H]2NC2CCC2)c1. The average molecular weight is 423 g/mol. The minimum Gasteiger partial charge on any atom is -0.319 e. The van der Waals surface area contributed by atoms with Gasteiger partial charge in [-0.1, -0.05) is 18.6 Å². The molecule has 28 heavy (non-hydrogen) atoms. The van der Waals surface area contributed by atoms with Crippen LogP contribution in [0.1, 0.15) is 60.4 Å². The molecule has 2 atom stereocenters. The lowest BCUT2D eigenvalue weighted by molar-refractivity contribution is 0.102. The van der Waals surface area contributed by atoms with Crippen molar-refractivity contribution >= 4 is 36.4 Å². The van der Waals surface area contributed by atoms with Crippen LogP contribution < -0.4 is 10.6 Å². The van der Waals surface area contributed by atoms with Crippen LogP contribution in [-0.2, 0) is 6.54 Å². The highest BCUT2D eigenvalue weighted by Gasteiger charge is 2.40. The molecule has 0 radical (unpaired) electrons. The van der Waals surface area contributed by atoms with Gasteiger partial charge in [0.25, 0.3) is 5.91 Å². The van der Waals surface area contributed by atoms with Gasteiger partial charge in [0.15, 0.2) is 0 Å². The van der Waals surface area contributed by atoms with Crippen LogP contribution in [0.3, 0.4) is 0 Å². The Hall–Kier alpha value is -1.56. The Morgan fingerprint density at radius 3 is 2.71 bits per heavy atom. The second-order valence-electron chi connectivity index (χ2n) is 8.22. The van der Waals surface area contributed by atoms with Crippen LogP contribution in [0, 0.1) is 5.92 Å². The molecule has 0 unspecified atom stereocenters. The van der Waals surface area contributed by atoms with E-state index in [0.29, 0.717) is 12.0 Å². The number of rotatable bonds is 7. The number of anilines is 1. The van der Waals surface area contributed by atoms with Crippen LogP contribution in [0.25, 0.3) is 0 Å². The van der Waals surface area contributed by atoms with Gasteiger partial charge in [0.1, 0.15) is 0 Å². The second kappa shape index (κ2) is 8.85. The van der Waals surface area contributed by atoms with Gasteiger partial charge < -0.3 is 10.6 Å². The van der Waals surface area contributed by atoms with Crippen molar-refractivity contribution in [2.75, 3.05) is 5.32 Å². The molecule has 152 valence electrons. The normalized spacial score (nSPS) is 23.1. The van der Waals surface area contributed by atoms with Gasteiger partial charge in [-0.2, -0.15) is 5.10 Å². The van der Waals surface area contributed by atoms with Crippen molar-refractivity contribution in [1.29, 1.82) is 0 Å². The fourth-order valence-corrected chi connectivity index (χ4v) is 3.83. The number of benzene rings is 1. The summed E-state index contributed by atoms with van der Waals surface area (Å²) in [6, 6.07) is 9.42. The number of nitrogens with zero attached hydrogens (tertiary/aromatic N) is 2. The molecule has 2 aromatic rings. The van der Waals surface area contributed by atoms with E-state index in [2.05, 4.69) is 27.9 Å². The van der Waals surface area contributed by atoms with Crippen LogP contribution in [0.5, 0.6) is 0 Å². The second-order valence-corrected chi connectivity index (χ2v) is 8.22. The van der Waals surface area contributed by atoms with Gasteiger partial charge in [0, 0.05) is 36.3 Å². The van der Waals surface area contributed by atoms with E-state index in [-0.39, 0.29) is 30.7 Å². The minimum atomic E-state index is -0.0537. The molecule has 2 N–H and O–H groups in total. The molecule has 1 heterocycles.